The Morgan fingerprint density at radius 1 is 1.35 bits per heavy atom. The van der Waals surface area contributed by atoms with Gasteiger partial charge < -0.3 is 24.9 Å². The van der Waals surface area contributed by atoms with Crippen LogP contribution in [-0.4, -0.2) is 57.1 Å². The average molecular weight is 483 g/mol. The number of carbonyl (C=O) groups is 1. The Hall–Kier alpha value is -2.46. The molecule has 5 heterocycles. The SMILES string of the molecule is CC(=O)Nc1cc2c(-c3cc(SCCC(C)(C)O)c4c(n3)C3(CCOC3)OCC4)c[nH]c2cn1. The molecule has 0 saturated carbocycles. The number of hydrogen-bond acceptors (Lipinski definition) is 7. The van der Waals surface area contributed by atoms with Crippen molar-refractivity contribution in [2.45, 2.75) is 56.1 Å². The summed E-state index contributed by atoms with van der Waals surface area (Å²) in [4.78, 5) is 25.5. The molecule has 1 spiro atoms. The van der Waals surface area contributed by atoms with Crippen LogP contribution in [0, 0.1) is 0 Å². The van der Waals surface area contributed by atoms with Crippen LogP contribution in [-0.2, 0) is 26.3 Å². The number of fused-ring (bicyclic) bond motifs is 3. The summed E-state index contributed by atoms with van der Waals surface area (Å²) in [5.41, 5.74) is 3.62. The third kappa shape index (κ3) is 4.57. The molecule has 2 aliphatic heterocycles. The quantitative estimate of drug-likeness (QED) is 0.455. The summed E-state index contributed by atoms with van der Waals surface area (Å²) >= 11 is 1.76. The average Bonchev–Trinajstić information content (AvgIpc) is 3.40. The maximum absolute atomic E-state index is 11.5. The molecule has 3 aromatic rings. The van der Waals surface area contributed by atoms with Crippen molar-refractivity contribution in [3.05, 3.63) is 35.8 Å². The summed E-state index contributed by atoms with van der Waals surface area (Å²) in [6.07, 6.45) is 5.93. The summed E-state index contributed by atoms with van der Waals surface area (Å²) < 4.78 is 12.0. The Balaban J connectivity index is 1.61. The number of aromatic nitrogens is 3. The minimum absolute atomic E-state index is 0.165. The summed E-state index contributed by atoms with van der Waals surface area (Å²) in [6.45, 7) is 6.96. The van der Waals surface area contributed by atoms with Gasteiger partial charge in [0.2, 0.25) is 5.91 Å². The molecule has 0 radical (unpaired) electrons. The molecule has 2 aliphatic rings. The first kappa shape index (κ1) is 23.3. The number of rotatable bonds is 6. The molecule has 3 aromatic heterocycles. The largest absolute Gasteiger partial charge is 0.390 e. The van der Waals surface area contributed by atoms with Gasteiger partial charge in [0.15, 0.2) is 0 Å². The molecule has 0 bridgehead atoms. The first-order chi connectivity index (χ1) is 16.2. The fourth-order valence-electron chi connectivity index (χ4n) is 4.59. The maximum atomic E-state index is 11.5. The number of anilines is 1. The number of aliphatic hydroxyl groups is 1. The highest BCUT2D eigenvalue weighted by atomic mass is 32.2. The third-order valence-electron chi connectivity index (χ3n) is 6.35. The van der Waals surface area contributed by atoms with Gasteiger partial charge in [-0.2, -0.15) is 0 Å². The molecule has 1 saturated heterocycles. The molecule has 1 fully saturated rings. The van der Waals surface area contributed by atoms with Crippen molar-refractivity contribution in [3.63, 3.8) is 0 Å². The number of amides is 1. The van der Waals surface area contributed by atoms with E-state index < -0.39 is 11.2 Å². The summed E-state index contributed by atoms with van der Waals surface area (Å²) in [5, 5.41) is 13.9. The van der Waals surface area contributed by atoms with E-state index in [2.05, 4.69) is 21.4 Å². The molecule has 1 amide bonds. The van der Waals surface area contributed by atoms with Gasteiger partial charge in [0.25, 0.3) is 0 Å². The number of thioether (sulfide) groups is 1. The molecule has 9 heteroatoms. The Morgan fingerprint density at radius 2 is 2.21 bits per heavy atom. The van der Waals surface area contributed by atoms with Crippen LogP contribution < -0.4 is 5.32 Å². The maximum Gasteiger partial charge on any atom is 0.222 e. The number of aromatic amines is 1. The van der Waals surface area contributed by atoms with Crippen molar-refractivity contribution in [3.8, 4) is 11.3 Å². The zero-order valence-electron chi connectivity index (χ0n) is 19.7. The van der Waals surface area contributed by atoms with Crippen LogP contribution in [0.25, 0.3) is 22.2 Å². The first-order valence-corrected chi connectivity index (χ1v) is 12.6. The number of ether oxygens (including phenoxy) is 2. The van der Waals surface area contributed by atoms with Gasteiger partial charge in [-0.25, -0.2) is 9.97 Å². The van der Waals surface area contributed by atoms with E-state index in [-0.39, 0.29) is 5.91 Å². The highest BCUT2D eigenvalue weighted by molar-refractivity contribution is 7.99. The second kappa shape index (κ2) is 8.96. The molecule has 8 nitrogen and oxygen atoms in total. The summed E-state index contributed by atoms with van der Waals surface area (Å²) in [6, 6.07) is 4.01. The standard InChI is InChI=1S/C25H30N4O4S/c1-15(30)28-22-10-17-18(12-26-20(17)13-27-22)19-11-21(34-9-6-24(2,3)31)16-4-7-33-25(23(16)29-19)5-8-32-14-25/h10-13,26,31H,4-9,14H2,1-3H3,(H,27,28,30). The highest BCUT2D eigenvalue weighted by Gasteiger charge is 2.44. The Labute approximate surface area is 202 Å². The van der Waals surface area contributed by atoms with Gasteiger partial charge in [-0.05, 0) is 44.4 Å². The van der Waals surface area contributed by atoms with E-state index in [0.29, 0.717) is 32.1 Å². The van der Waals surface area contributed by atoms with E-state index in [9.17, 15) is 9.90 Å². The lowest BCUT2D eigenvalue weighted by Crippen LogP contribution is -2.37. The summed E-state index contributed by atoms with van der Waals surface area (Å²) in [7, 11) is 0. The van der Waals surface area contributed by atoms with Crippen molar-refractivity contribution in [1.82, 2.24) is 15.0 Å². The van der Waals surface area contributed by atoms with Gasteiger partial charge in [-0.15, -0.1) is 11.8 Å². The molecular weight excluding hydrogens is 452 g/mol. The third-order valence-corrected chi connectivity index (χ3v) is 7.43. The van der Waals surface area contributed by atoms with E-state index in [4.69, 9.17) is 14.5 Å². The second-order valence-electron chi connectivity index (χ2n) is 9.64. The molecule has 0 aromatic carbocycles. The van der Waals surface area contributed by atoms with Crippen LogP contribution in [0.2, 0.25) is 0 Å². The van der Waals surface area contributed by atoms with Crippen LogP contribution in [0.4, 0.5) is 5.82 Å². The van der Waals surface area contributed by atoms with E-state index in [1.165, 1.54) is 17.4 Å². The molecule has 1 unspecified atom stereocenters. The van der Waals surface area contributed by atoms with Crippen molar-refractivity contribution in [2.24, 2.45) is 0 Å². The smallest absolute Gasteiger partial charge is 0.222 e. The van der Waals surface area contributed by atoms with Crippen molar-refractivity contribution in [1.29, 1.82) is 0 Å². The lowest BCUT2D eigenvalue weighted by molar-refractivity contribution is -0.114. The van der Waals surface area contributed by atoms with Crippen molar-refractivity contribution in [2.75, 3.05) is 30.9 Å². The number of pyridine rings is 2. The number of carbonyl (C=O) groups excluding carboxylic acids is 1. The van der Waals surface area contributed by atoms with Gasteiger partial charge in [0.1, 0.15) is 11.4 Å². The first-order valence-electron chi connectivity index (χ1n) is 11.6. The van der Waals surface area contributed by atoms with E-state index >= 15 is 0 Å². The molecule has 180 valence electrons. The van der Waals surface area contributed by atoms with Gasteiger partial charge in [-0.3, -0.25) is 4.79 Å². The topological polar surface area (TPSA) is 109 Å². The lowest BCUT2D eigenvalue weighted by Gasteiger charge is -2.35. The number of nitrogens with zero attached hydrogens (tertiary/aromatic N) is 2. The Morgan fingerprint density at radius 3 is 2.94 bits per heavy atom. The lowest BCUT2D eigenvalue weighted by atomic mass is 9.89. The zero-order chi connectivity index (χ0) is 23.9. The monoisotopic (exact) mass is 482 g/mol. The number of hydrogen-bond donors (Lipinski definition) is 3. The van der Waals surface area contributed by atoms with Crippen LogP contribution in [0.1, 0.15) is 44.9 Å². The van der Waals surface area contributed by atoms with Crippen molar-refractivity contribution < 1.29 is 19.4 Å². The highest BCUT2D eigenvalue weighted by Crippen LogP contribution is 2.44. The fraction of sp³-hybridized carbons (Fsp3) is 0.480. The molecular formula is C25H30N4O4S. The Bertz CT molecular complexity index is 1230. The predicted molar refractivity (Wildman–Crippen MR) is 132 cm³/mol. The number of H-pyrrole nitrogens is 1. The van der Waals surface area contributed by atoms with Crippen LogP contribution in [0.5, 0.6) is 0 Å². The van der Waals surface area contributed by atoms with Gasteiger partial charge in [-0.1, -0.05) is 0 Å². The predicted octanol–water partition coefficient (Wildman–Crippen LogP) is 4.02. The number of nitrogens with one attached hydrogen (secondary N) is 2. The van der Waals surface area contributed by atoms with Gasteiger partial charge >= 0.3 is 0 Å². The normalized spacial score (nSPS) is 20.1. The van der Waals surface area contributed by atoms with Gasteiger partial charge in [0.05, 0.1) is 41.9 Å². The minimum Gasteiger partial charge on any atom is -0.390 e. The fourth-order valence-corrected chi connectivity index (χ4v) is 5.98. The van der Waals surface area contributed by atoms with Crippen LogP contribution >= 0.6 is 11.8 Å². The molecule has 0 aliphatic carbocycles. The molecule has 5 rings (SSSR count). The van der Waals surface area contributed by atoms with E-state index in [1.54, 1.807) is 18.0 Å². The van der Waals surface area contributed by atoms with Gasteiger partial charge in [0, 0.05) is 47.7 Å². The van der Waals surface area contributed by atoms with Crippen molar-refractivity contribution >= 4 is 34.4 Å². The zero-order valence-corrected chi connectivity index (χ0v) is 20.6. The molecule has 3 N–H and O–H groups in total. The van der Waals surface area contributed by atoms with E-state index in [1.807, 2.05) is 26.1 Å². The van der Waals surface area contributed by atoms with E-state index in [0.717, 1.165) is 46.4 Å². The minimum atomic E-state index is -0.712. The Kier molecular flexibility index (Phi) is 6.14. The molecule has 34 heavy (non-hydrogen) atoms. The van der Waals surface area contributed by atoms with Crippen LogP contribution in [0.3, 0.4) is 0 Å². The second-order valence-corrected chi connectivity index (χ2v) is 10.8. The van der Waals surface area contributed by atoms with Crippen LogP contribution in [0.15, 0.2) is 29.4 Å². The molecule has 1 atom stereocenters. The summed E-state index contributed by atoms with van der Waals surface area (Å²) in [5.74, 6) is 1.14.